The summed E-state index contributed by atoms with van der Waals surface area (Å²) in [6.07, 6.45) is 0. The Hall–Kier alpha value is -2.22. The number of hydrogen-bond acceptors (Lipinski definition) is 5. The Morgan fingerprint density at radius 1 is 1.32 bits per heavy atom. The number of nitrogens with one attached hydrogen (secondary N) is 2. The van der Waals surface area contributed by atoms with Crippen LogP contribution >= 0.6 is 0 Å². The predicted octanol–water partition coefficient (Wildman–Crippen LogP) is 1.11. The van der Waals surface area contributed by atoms with Gasteiger partial charge in [0.2, 0.25) is 0 Å². The lowest BCUT2D eigenvalue weighted by molar-refractivity contribution is 0.414. The fourth-order valence-electron chi connectivity index (χ4n) is 1.46. The maximum atomic E-state index is 12.1. The van der Waals surface area contributed by atoms with Crippen LogP contribution in [0.4, 0.5) is 11.5 Å². The maximum Gasteiger partial charge on any atom is 0.263 e. The molecule has 0 aliphatic heterocycles. The van der Waals surface area contributed by atoms with Gasteiger partial charge in [-0.1, -0.05) is 0 Å². The van der Waals surface area contributed by atoms with E-state index in [-0.39, 0.29) is 16.4 Å². The molecule has 2 aromatic rings. The molecule has 1 heterocycles. The van der Waals surface area contributed by atoms with Crippen molar-refractivity contribution in [3.05, 3.63) is 30.0 Å². The number of aromatic amines is 1. The zero-order chi connectivity index (χ0) is 14.0. The van der Waals surface area contributed by atoms with Gasteiger partial charge in [0, 0.05) is 0 Å². The van der Waals surface area contributed by atoms with Crippen LogP contribution in [0, 0.1) is 6.92 Å². The second-order valence-corrected chi connectivity index (χ2v) is 5.57. The third-order valence-corrected chi connectivity index (χ3v) is 3.95. The third kappa shape index (κ3) is 2.63. The molecule has 4 N–H and O–H groups in total. The van der Waals surface area contributed by atoms with Gasteiger partial charge in [0.25, 0.3) is 10.0 Å². The van der Waals surface area contributed by atoms with E-state index >= 15 is 0 Å². The van der Waals surface area contributed by atoms with E-state index in [1.54, 1.807) is 19.1 Å². The van der Waals surface area contributed by atoms with Gasteiger partial charge in [-0.25, -0.2) is 8.42 Å². The number of rotatable bonds is 4. The Labute approximate surface area is 110 Å². The van der Waals surface area contributed by atoms with Crippen LogP contribution in [-0.4, -0.2) is 25.7 Å². The van der Waals surface area contributed by atoms with Crippen LogP contribution in [0.25, 0.3) is 0 Å². The summed E-state index contributed by atoms with van der Waals surface area (Å²) in [7, 11) is -2.21. The van der Waals surface area contributed by atoms with E-state index in [1.807, 2.05) is 0 Å². The molecule has 0 aliphatic carbocycles. The Balaban J connectivity index is 2.29. The van der Waals surface area contributed by atoms with E-state index < -0.39 is 10.0 Å². The minimum atomic E-state index is -3.72. The number of nitrogens with zero attached hydrogens (tertiary/aromatic N) is 1. The molecule has 0 spiro atoms. The Morgan fingerprint density at radius 3 is 2.42 bits per heavy atom. The van der Waals surface area contributed by atoms with Crippen molar-refractivity contribution in [1.29, 1.82) is 0 Å². The van der Waals surface area contributed by atoms with Crippen LogP contribution in [0.1, 0.15) is 5.69 Å². The summed E-state index contributed by atoms with van der Waals surface area (Å²) in [5.41, 5.74) is 6.57. The lowest BCUT2D eigenvalue weighted by atomic mass is 10.3. The lowest BCUT2D eigenvalue weighted by Gasteiger charge is -2.07. The molecule has 0 bridgehead atoms. The number of sulfonamides is 1. The minimum Gasteiger partial charge on any atom is -0.497 e. The molecule has 0 atom stereocenters. The number of hydrogen-bond donors (Lipinski definition) is 3. The highest BCUT2D eigenvalue weighted by Gasteiger charge is 2.18. The number of aryl methyl sites for hydroxylation is 1. The number of ether oxygens (including phenoxy) is 1. The zero-order valence-electron chi connectivity index (χ0n) is 10.5. The molecule has 0 fully saturated rings. The molecule has 0 saturated carbocycles. The van der Waals surface area contributed by atoms with Crippen LogP contribution in [0.3, 0.4) is 0 Å². The largest absolute Gasteiger partial charge is 0.497 e. The average molecular weight is 282 g/mol. The molecule has 102 valence electrons. The van der Waals surface area contributed by atoms with Gasteiger partial charge < -0.3 is 10.5 Å². The molecule has 19 heavy (non-hydrogen) atoms. The van der Waals surface area contributed by atoms with Crippen LogP contribution in [0.15, 0.2) is 29.2 Å². The monoisotopic (exact) mass is 282 g/mol. The number of H-pyrrole nitrogens is 1. The van der Waals surface area contributed by atoms with Crippen molar-refractivity contribution in [3.8, 4) is 5.75 Å². The first-order chi connectivity index (χ1) is 8.94. The van der Waals surface area contributed by atoms with Gasteiger partial charge in [-0.15, -0.1) is 0 Å². The van der Waals surface area contributed by atoms with E-state index in [4.69, 9.17) is 10.5 Å². The maximum absolute atomic E-state index is 12.1. The summed E-state index contributed by atoms with van der Waals surface area (Å²) in [6.45, 7) is 1.70. The smallest absolute Gasteiger partial charge is 0.263 e. The number of nitrogens with two attached hydrogens (primary N) is 1. The highest BCUT2D eigenvalue weighted by Crippen LogP contribution is 2.23. The van der Waals surface area contributed by atoms with Crippen LogP contribution in [-0.2, 0) is 10.0 Å². The van der Waals surface area contributed by atoms with Crippen LogP contribution < -0.4 is 15.2 Å². The first-order valence-corrected chi connectivity index (χ1v) is 6.89. The van der Waals surface area contributed by atoms with Gasteiger partial charge in [-0.05, 0) is 31.2 Å². The molecule has 0 amide bonds. The topological polar surface area (TPSA) is 110 Å². The molecular weight excluding hydrogens is 268 g/mol. The van der Waals surface area contributed by atoms with Crippen molar-refractivity contribution in [2.75, 3.05) is 17.6 Å². The van der Waals surface area contributed by atoms with E-state index in [2.05, 4.69) is 14.9 Å². The van der Waals surface area contributed by atoms with Crippen molar-refractivity contribution in [2.45, 2.75) is 11.8 Å². The van der Waals surface area contributed by atoms with Gasteiger partial charge >= 0.3 is 0 Å². The summed E-state index contributed by atoms with van der Waals surface area (Å²) in [6, 6.07) is 6.01. The number of nitrogen functional groups attached to an aromatic ring is 1. The quantitative estimate of drug-likeness (QED) is 0.778. The third-order valence-electron chi connectivity index (χ3n) is 2.60. The van der Waals surface area contributed by atoms with Gasteiger partial charge in [0.1, 0.15) is 5.75 Å². The minimum absolute atomic E-state index is 0.0910. The summed E-state index contributed by atoms with van der Waals surface area (Å²) >= 11 is 0. The molecule has 0 saturated heterocycles. The van der Waals surface area contributed by atoms with Crippen LogP contribution in [0.5, 0.6) is 5.75 Å². The molecule has 8 heteroatoms. The second-order valence-electron chi connectivity index (χ2n) is 3.89. The fourth-order valence-corrected chi connectivity index (χ4v) is 2.48. The molecule has 1 aromatic carbocycles. The predicted molar refractivity (Wildman–Crippen MR) is 71.5 cm³/mol. The second kappa shape index (κ2) is 4.81. The van der Waals surface area contributed by atoms with E-state index in [9.17, 15) is 8.42 Å². The summed E-state index contributed by atoms with van der Waals surface area (Å²) in [4.78, 5) is 0.105. The van der Waals surface area contributed by atoms with Gasteiger partial charge in [0.15, 0.2) is 5.82 Å². The molecule has 2 rings (SSSR count). The summed E-state index contributed by atoms with van der Waals surface area (Å²) in [5, 5.41) is 6.40. The first kappa shape index (κ1) is 13.2. The Morgan fingerprint density at radius 2 is 1.95 bits per heavy atom. The summed E-state index contributed by atoms with van der Waals surface area (Å²) in [5.74, 6) is 0.669. The van der Waals surface area contributed by atoms with Gasteiger partial charge in [-0.3, -0.25) is 9.82 Å². The molecule has 7 nitrogen and oxygen atoms in total. The lowest BCUT2D eigenvalue weighted by Crippen LogP contribution is -2.14. The average Bonchev–Trinajstić information content (AvgIpc) is 2.70. The number of benzene rings is 1. The van der Waals surface area contributed by atoms with Gasteiger partial charge in [0.05, 0.1) is 23.4 Å². The zero-order valence-corrected chi connectivity index (χ0v) is 11.3. The van der Waals surface area contributed by atoms with E-state index in [0.717, 1.165) is 0 Å². The number of aromatic nitrogens is 2. The van der Waals surface area contributed by atoms with Crippen molar-refractivity contribution < 1.29 is 13.2 Å². The summed E-state index contributed by atoms with van der Waals surface area (Å²) < 4.78 is 31.5. The normalized spacial score (nSPS) is 11.3. The standard InChI is InChI=1S/C11H14N4O3S/c1-7-10(12)11(14-13-7)15-19(16,17)9-5-3-8(18-2)4-6-9/h3-6H,12H2,1-2H3,(H2,13,14,15). The van der Waals surface area contributed by atoms with E-state index in [0.29, 0.717) is 11.4 Å². The van der Waals surface area contributed by atoms with E-state index in [1.165, 1.54) is 19.2 Å². The van der Waals surface area contributed by atoms with Gasteiger partial charge in [-0.2, -0.15) is 5.10 Å². The number of anilines is 2. The van der Waals surface area contributed by atoms with Crippen LogP contribution in [0.2, 0.25) is 0 Å². The van der Waals surface area contributed by atoms with Crippen molar-refractivity contribution in [2.24, 2.45) is 0 Å². The first-order valence-electron chi connectivity index (χ1n) is 5.41. The number of methoxy groups -OCH3 is 1. The fraction of sp³-hybridized carbons (Fsp3) is 0.182. The van der Waals surface area contributed by atoms with Crippen molar-refractivity contribution in [3.63, 3.8) is 0 Å². The molecule has 0 radical (unpaired) electrons. The molecular formula is C11H14N4O3S. The molecule has 1 aromatic heterocycles. The van der Waals surface area contributed by atoms with Crippen molar-refractivity contribution >= 4 is 21.5 Å². The Bertz CT molecular complexity index is 676. The highest BCUT2D eigenvalue weighted by atomic mass is 32.2. The SMILES string of the molecule is COc1ccc(S(=O)(=O)Nc2n[nH]c(C)c2N)cc1. The molecule has 0 aliphatic rings. The highest BCUT2D eigenvalue weighted by molar-refractivity contribution is 7.92. The van der Waals surface area contributed by atoms with Crippen molar-refractivity contribution in [1.82, 2.24) is 10.2 Å². The molecule has 0 unspecified atom stereocenters. The Kier molecular flexibility index (Phi) is 3.34.